The quantitative estimate of drug-likeness (QED) is 0.437. The predicted octanol–water partition coefficient (Wildman–Crippen LogP) is 5.86. The Kier molecular flexibility index (Phi) is 7.77. The molecule has 1 aliphatic heterocycles. The van der Waals surface area contributed by atoms with Crippen LogP contribution in [0.5, 0.6) is 11.5 Å². The van der Waals surface area contributed by atoms with Gasteiger partial charge in [-0.25, -0.2) is 4.99 Å². The number of amidine groups is 1. The van der Waals surface area contributed by atoms with Crippen molar-refractivity contribution in [1.82, 2.24) is 5.32 Å². The van der Waals surface area contributed by atoms with E-state index in [0.717, 1.165) is 50.5 Å². The van der Waals surface area contributed by atoms with Crippen molar-refractivity contribution >= 4 is 28.5 Å². The molecule has 0 fully saturated rings. The van der Waals surface area contributed by atoms with E-state index in [-0.39, 0.29) is 5.91 Å². The molecular formula is C28H29N3O3S. The molecule has 7 heteroatoms. The standard InChI is InChI=1S/C28H29N3O3S/c1-18-10-13-21(16-24(18)34-4)26-25(27(32)30-22-8-6-5-7-9-22)19(2)29-28(31-26)35-17-20-11-14-23(33-3)15-12-20/h5-16,26H,17H2,1-4H3,(H,29,31)(H,30,32)/t26-/m0/s1. The lowest BCUT2D eigenvalue weighted by molar-refractivity contribution is -0.113. The van der Waals surface area contributed by atoms with Crippen LogP contribution in [-0.2, 0) is 10.5 Å². The number of anilines is 1. The summed E-state index contributed by atoms with van der Waals surface area (Å²) < 4.78 is 10.8. The number of ether oxygens (including phenoxy) is 2. The van der Waals surface area contributed by atoms with Crippen LogP contribution in [0, 0.1) is 6.92 Å². The SMILES string of the molecule is COc1ccc(CSC2=N[C@@H](c3ccc(C)c(OC)c3)C(C(=O)Nc3ccccc3)=C(C)N2)cc1. The zero-order valence-corrected chi connectivity index (χ0v) is 21.1. The van der Waals surface area contributed by atoms with Crippen LogP contribution in [0.1, 0.15) is 29.7 Å². The van der Waals surface area contributed by atoms with Gasteiger partial charge in [-0.3, -0.25) is 4.79 Å². The molecule has 0 aromatic heterocycles. The molecule has 1 aliphatic rings. The Morgan fingerprint density at radius 3 is 2.43 bits per heavy atom. The van der Waals surface area contributed by atoms with E-state index >= 15 is 0 Å². The van der Waals surface area contributed by atoms with Gasteiger partial charge in [0.1, 0.15) is 17.5 Å². The van der Waals surface area contributed by atoms with Crippen molar-refractivity contribution in [3.63, 3.8) is 0 Å². The number of nitrogens with one attached hydrogen (secondary N) is 2. The number of para-hydroxylation sites is 1. The number of benzene rings is 3. The average molecular weight is 488 g/mol. The molecule has 0 spiro atoms. The van der Waals surface area contributed by atoms with Gasteiger partial charge in [-0.1, -0.05) is 54.2 Å². The number of hydrogen-bond donors (Lipinski definition) is 2. The predicted molar refractivity (Wildman–Crippen MR) is 143 cm³/mol. The maximum Gasteiger partial charge on any atom is 0.255 e. The lowest BCUT2D eigenvalue weighted by Gasteiger charge is -2.27. The van der Waals surface area contributed by atoms with Gasteiger partial charge in [-0.2, -0.15) is 0 Å². The number of hydrogen-bond acceptors (Lipinski definition) is 6. The second-order valence-electron chi connectivity index (χ2n) is 8.19. The monoisotopic (exact) mass is 487 g/mol. The smallest absolute Gasteiger partial charge is 0.255 e. The first-order chi connectivity index (χ1) is 17.0. The second-order valence-corrected chi connectivity index (χ2v) is 9.15. The number of aryl methyl sites for hydroxylation is 1. The third kappa shape index (κ3) is 5.87. The van der Waals surface area contributed by atoms with Crippen LogP contribution < -0.4 is 20.1 Å². The van der Waals surface area contributed by atoms with E-state index in [2.05, 4.69) is 10.6 Å². The Morgan fingerprint density at radius 2 is 1.74 bits per heavy atom. The van der Waals surface area contributed by atoms with Crippen molar-refractivity contribution in [2.45, 2.75) is 25.6 Å². The van der Waals surface area contributed by atoms with Gasteiger partial charge in [0.2, 0.25) is 0 Å². The van der Waals surface area contributed by atoms with E-state index in [4.69, 9.17) is 14.5 Å². The van der Waals surface area contributed by atoms with E-state index in [1.165, 1.54) is 0 Å². The summed E-state index contributed by atoms with van der Waals surface area (Å²) in [6.45, 7) is 3.91. The number of methoxy groups -OCH3 is 2. The van der Waals surface area contributed by atoms with Gasteiger partial charge in [-0.05, 0) is 60.9 Å². The fraction of sp³-hybridized carbons (Fsp3) is 0.214. The van der Waals surface area contributed by atoms with Crippen molar-refractivity contribution in [2.75, 3.05) is 19.5 Å². The van der Waals surface area contributed by atoms with E-state index in [1.807, 2.05) is 86.6 Å². The average Bonchev–Trinajstić information content (AvgIpc) is 2.88. The molecule has 2 N–H and O–H groups in total. The van der Waals surface area contributed by atoms with Gasteiger partial charge in [0, 0.05) is 17.1 Å². The topological polar surface area (TPSA) is 72.0 Å². The van der Waals surface area contributed by atoms with Crippen molar-refractivity contribution in [1.29, 1.82) is 0 Å². The summed E-state index contributed by atoms with van der Waals surface area (Å²) in [4.78, 5) is 18.4. The number of allylic oxidation sites excluding steroid dienone is 1. The Bertz CT molecular complexity index is 1250. The molecule has 0 radical (unpaired) electrons. The molecule has 35 heavy (non-hydrogen) atoms. The first-order valence-corrected chi connectivity index (χ1v) is 12.3. The lowest BCUT2D eigenvalue weighted by Crippen LogP contribution is -2.32. The van der Waals surface area contributed by atoms with Gasteiger partial charge >= 0.3 is 0 Å². The second kappa shape index (κ2) is 11.1. The largest absolute Gasteiger partial charge is 0.497 e. The molecular weight excluding hydrogens is 458 g/mol. The van der Waals surface area contributed by atoms with Crippen LogP contribution in [0.15, 0.2) is 89.1 Å². The van der Waals surface area contributed by atoms with Gasteiger partial charge in [-0.15, -0.1) is 0 Å². The molecule has 0 bridgehead atoms. The number of aliphatic imine (C=N–C) groups is 1. The van der Waals surface area contributed by atoms with Crippen molar-refractivity contribution < 1.29 is 14.3 Å². The molecule has 180 valence electrons. The summed E-state index contributed by atoms with van der Waals surface area (Å²) in [5.41, 5.74) is 5.17. The van der Waals surface area contributed by atoms with Crippen LogP contribution in [0.3, 0.4) is 0 Å². The molecule has 1 heterocycles. The number of amides is 1. The van der Waals surface area contributed by atoms with Gasteiger partial charge in [0.25, 0.3) is 5.91 Å². The Balaban J connectivity index is 1.63. The third-order valence-corrected chi connectivity index (χ3v) is 6.74. The molecule has 1 atom stereocenters. The van der Waals surface area contributed by atoms with Crippen molar-refractivity contribution in [2.24, 2.45) is 4.99 Å². The molecule has 0 saturated heterocycles. The molecule has 4 rings (SSSR count). The highest BCUT2D eigenvalue weighted by Crippen LogP contribution is 2.35. The van der Waals surface area contributed by atoms with Gasteiger partial charge in [0.15, 0.2) is 5.17 Å². The fourth-order valence-corrected chi connectivity index (χ4v) is 4.76. The maximum atomic E-state index is 13.4. The molecule has 0 aliphatic carbocycles. The minimum Gasteiger partial charge on any atom is -0.497 e. The fourth-order valence-electron chi connectivity index (χ4n) is 3.86. The molecule has 6 nitrogen and oxygen atoms in total. The Morgan fingerprint density at radius 1 is 1.00 bits per heavy atom. The summed E-state index contributed by atoms with van der Waals surface area (Å²) in [7, 11) is 3.31. The number of thioether (sulfide) groups is 1. The minimum absolute atomic E-state index is 0.186. The maximum absolute atomic E-state index is 13.4. The number of carbonyl (C=O) groups excluding carboxylic acids is 1. The normalized spacial score (nSPS) is 15.2. The Labute approximate surface area is 210 Å². The van der Waals surface area contributed by atoms with Crippen LogP contribution in [0.2, 0.25) is 0 Å². The van der Waals surface area contributed by atoms with Crippen LogP contribution in [0.25, 0.3) is 0 Å². The van der Waals surface area contributed by atoms with Crippen LogP contribution in [-0.4, -0.2) is 25.3 Å². The first kappa shape index (κ1) is 24.4. The lowest BCUT2D eigenvalue weighted by atomic mass is 9.94. The van der Waals surface area contributed by atoms with E-state index < -0.39 is 6.04 Å². The summed E-state index contributed by atoms with van der Waals surface area (Å²) >= 11 is 1.60. The van der Waals surface area contributed by atoms with Crippen LogP contribution >= 0.6 is 11.8 Å². The molecule has 3 aromatic rings. The molecule has 3 aromatic carbocycles. The minimum atomic E-state index is -0.465. The number of carbonyl (C=O) groups is 1. The molecule has 0 saturated carbocycles. The van der Waals surface area contributed by atoms with Gasteiger partial charge < -0.3 is 20.1 Å². The summed E-state index contributed by atoms with van der Waals surface area (Å²) in [6, 6.07) is 22.9. The number of rotatable bonds is 7. The van der Waals surface area contributed by atoms with E-state index in [0.29, 0.717) is 5.57 Å². The zero-order valence-electron chi connectivity index (χ0n) is 20.3. The highest BCUT2D eigenvalue weighted by atomic mass is 32.2. The van der Waals surface area contributed by atoms with E-state index in [9.17, 15) is 4.79 Å². The number of nitrogens with zero attached hydrogens (tertiary/aromatic N) is 1. The highest BCUT2D eigenvalue weighted by Gasteiger charge is 2.30. The van der Waals surface area contributed by atoms with Gasteiger partial charge in [0.05, 0.1) is 19.8 Å². The third-order valence-electron chi connectivity index (χ3n) is 5.78. The summed E-state index contributed by atoms with van der Waals surface area (Å²) in [6.07, 6.45) is 0. The highest BCUT2D eigenvalue weighted by molar-refractivity contribution is 8.13. The summed E-state index contributed by atoms with van der Waals surface area (Å²) in [5, 5.41) is 7.11. The van der Waals surface area contributed by atoms with E-state index in [1.54, 1.807) is 26.0 Å². The molecule has 0 unspecified atom stereocenters. The Hall–Kier alpha value is -3.71. The first-order valence-electron chi connectivity index (χ1n) is 11.3. The molecule has 1 amide bonds. The van der Waals surface area contributed by atoms with Crippen molar-refractivity contribution in [3.05, 3.63) is 101 Å². The summed E-state index contributed by atoms with van der Waals surface area (Å²) in [5.74, 6) is 2.14. The van der Waals surface area contributed by atoms with Crippen LogP contribution in [0.4, 0.5) is 5.69 Å². The zero-order chi connectivity index (χ0) is 24.8. The van der Waals surface area contributed by atoms with Crippen molar-refractivity contribution in [3.8, 4) is 11.5 Å².